The minimum Gasteiger partial charge on any atom is -0.463 e. The van der Waals surface area contributed by atoms with Crippen LogP contribution in [0.5, 0.6) is 0 Å². The minimum absolute atomic E-state index is 0.0473. The molecule has 32 heteroatoms. The molecule has 3 amide bonds. The van der Waals surface area contributed by atoms with Gasteiger partial charge in [0.1, 0.15) is 44.4 Å². The molecule has 0 radical (unpaired) electrons. The summed E-state index contributed by atoms with van der Waals surface area (Å²) in [6.45, 7) is 36.0. The molecule has 4 N–H and O–H groups in total. The van der Waals surface area contributed by atoms with Gasteiger partial charge in [-0.15, -0.1) is 9.81 Å². The van der Waals surface area contributed by atoms with Crippen molar-refractivity contribution in [1.29, 1.82) is 0 Å². The highest BCUT2D eigenvalue weighted by Crippen LogP contribution is 2.17. The maximum absolute atomic E-state index is 11.4. The average Bonchev–Trinajstić information content (AvgIpc) is 0.890. The summed E-state index contributed by atoms with van der Waals surface area (Å²) in [6, 6.07) is 29.1. The summed E-state index contributed by atoms with van der Waals surface area (Å²) in [5.74, 6) is -2.86. The lowest BCUT2D eigenvalue weighted by Crippen LogP contribution is -2.22. The van der Waals surface area contributed by atoms with Crippen molar-refractivity contribution in [3.8, 4) is 0 Å². The number of nitrogens with zero attached hydrogens (tertiary/aromatic N) is 2. The SMILES string of the molecule is C=C(C)C(=O)OC(=O)Cc1ccccc1C.C=C(C)C(=O)OC(=O)Nc1ccccc1C.C=C(C)C(=O)OCCO.CCC(=O)OCCOCCOC(C)COCCOCCOC(=O)NC.CCC(=O)OCCOCCOC(C)COCCOCCOC(=O)NC.Cc1ccccc1N=O.Cc1ccccc1N=O. The van der Waals surface area contributed by atoms with Crippen LogP contribution in [0.25, 0.3) is 0 Å². The summed E-state index contributed by atoms with van der Waals surface area (Å²) in [5, 5.41) is 21.0. The van der Waals surface area contributed by atoms with E-state index in [0.29, 0.717) is 128 Å². The molecule has 0 aliphatic rings. The molecule has 2 unspecified atom stereocenters. The minimum atomic E-state index is -0.803. The van der Waals surface area contributed by atoms with E-state index >= 15 is 0 Å². The van der Waals surface area contributed by atoms with E-state index in [4.69, 9.17) is 61.9 Å². The van der Waals surface area contributed by atoms with Crippen molar-refractivity contribution in [1.82, 2.24) is 10.6 Å². The molecule has 0 aliphatic carbocycles. The van der Waals surface area contributed by atoms with Gasteiger partial charge in [0.25, 0.3) is 0 Å². The first-order chi connectivity index (χ1) is 52.1. The van der Waals surface area contributed by atoms with Crippen LogP contribution in [0.4, 0.5) is 31.4 Å². The number of esters is 6. The number of nitroso groups, excluding NO2 is 2. The van der Waals surface area contributed by atoms with Crippen LogP contribution in [0.3, 0.4) is 0 Å². The van der Waals surface area contributed by atoms with Crippen molar-refractivity contribution in [3.63, 3.8) is 0 Å². The average molecular weight is 1540 g/mol. The predicted octanol–water partition coefficient (Wildman–Crippen LogP) is 11.2. The smallest absolute Gasteiger partial charge is 0.419 e. The van der Waals surface area contributed by atoms with Crippen molar-refractivity contribution >= 4 is 71.2 Å². The molecule has 0 fully saturated rings. The lowest BCUT2D eigenvalue weighted by molar-refractivity contribution is -0.156. The van der Waals surface area contributed by atoms with Gasteiger partial charge in [-0.05, 0) is 119 Å². The van der Waals surface area contributed by atoms with E-state index < -0.39 is 42.2 Å². The Balaban J connectivity index is -0.00000125. The Morgan fingerprint density at radius 3 is 1.11 bits per heavy atom. The van der Waals surface area contributed by atoms with Crippen LogP contribution in [-0.2, 0) is 106 Å². The molecule has 2 atom stereocenters. The van der Waals surface area contributed by atoms with E-state index in [0.717, 1.165) is 27.8 Å². The van der Waals surface area contributed by atoms with Crippen molar-refractivity contribution in [2.75, 3.05) is 152 Å². The third-order valence-corrected chi connectivity index (χ3v) is 12.8. The first-order valence-corrected chi connectivity index (χ1v) is 34.7. The summed E-state index contributed by atoms with van der Waals surface area (Å²) in [5.41, 5.74) is 7.02. The zero-order valence-electron chi connectivity index (χ0n) is 65.2. The number of aliphatic hydroxyl groups is 1. The fourth-order valence-corrected chi connectivity index (χ4v) is 6.82. The largest absolute Gasteiger partial charge is 0.463 e. The summed E-state index contributed by atoms with van der Waals surface area (Å²) in [6.07, 6.45) is -1.02. The molecule has 0 aliphatic heterocycles. The zero-order valence-corrected chi connectivity index (χ0v) is 65.2. The number of para-hydroxylation sites is 1. The fraction of sp³-hybridized carbons (Fsp3) is 0.494. The molecule has 0 aromatic heterocycles. The molecule has 0 bridgehead atoms. The maximum atomic E-state index is 11.4. The normalized spacial score (nSPS) is 10.4. The summed E-state index contributed by atoms with van der Waals surface area (Å²) >= 11 is 0. The van der Waals surface area contributed by atoms with Crippen LogP contribution in [-0.4, -0.2) is 218 Å². The van der Waals surface area contributed by atoms with Gasteiger partial charge in [-0.1, -0.05) is 112 Å². The molecular weight excluding hydrogens is 1430 g/mol. The summed E-state index contributed by atoms with van der Waals surface area (Å²) in [7, 11) is 2.99. The van der Waals surface area contributed by atoms with E-state index in [1.165, 1.54) is 27.9 Å². The van der Waals surface area contributed by atoms with Gasteiger partial charge >= 0.3 is 54.1 Å². The number of benzene rings is 4. The highest BCUT2D eigenvalue weighted by Gasteiger charge is 2.14. The van der Waals surface area contributed by atoms with E-state index in [-0.39, 0.29) is 81.4 Å². The Morgan fingerprint density at radius 1 is 0.404 bits per heavy atom. The van der Waals surface area contributed by atoms with E-state index in [1.54, 1.807) is 57.2 Å². The number of alkyl carbamates (subject to hydrolysis) is 2. The lowest BCUT2D eigenvalue weighted by Gasteiger charge is -2.14. The highest BCUT2D eigenvalue weighted by molar-refractivity contribution is 5.99. The number of aryl methyl sites for hydroxylation is 4. The Labute approximate surface area is 639 Å². The molecule has 0 spiro atoms. The van der Waals surface area contributed by atoms with E-state index in [9.17, 15) is 53.0 Å². The van der Waals surface area contributed by atoms with Gasteiger partial charge in [0.15, 0.2) is 0 Å². The topological polar surface area (TPSA) is 407 Å². The molecule has 109 heavy (non-hydrogen) atoms. The summed E-state index contributed by atoms with van der Waals surface area (Å²) < 4.78 is 75.7. The quantitative estimate of drug-likeness (QED) is 0.00799. The van der Waals surface area contributed by atoms with Gasteiger partial charge in [-0.3, -0.25) is 19.7 Å². The third kappa shape index (κ3) is 62.7. The standard InChI is InChI=1S/2C16H31NO8.C13H14O3.C12H13NO3.2C7H7NO.C6H10O3/c2*1-4-15(18)24-11-8-21-7-10-23-14(2)13-22-6-5-20-9-12-25-16(19)17-3;1-9(2)13(15)16-12(14)8-11-7-5-4-6-10(11)3;1-8(2)11(14)16-12(15)13-10-7-5-4-6-9(10)3;2*1-6-4-2-3-5-7(6)8-9;1-5(2)6(8)9-4-3-7/h2*14H,4-13H2,1-3H3,(H,17,19);4-7H,1,8H2,2-3H3;4-7H,1H2,2-3H3,(H,13,15);2*2-5H,1H3;7H,1,3-4H2,2H3. The van der Waals surface area contributed by atoms with Gasteiger partial charge < -0.3 is 86.8 Å². The van der Waals surface area contributed by atoms with Crippen LogP contribution in [0.15, 0.2) is 144 Å². The number of carbonyl (C=O) groups is 9. The summed E-state index contributed by atoms with van der Waals surface area (Å²) in [4.78, 5) is 119. The van der Waals surface area contributed by atoms with Crippen LogP contribution in [0.1, 0.15) is 89.1 Å². The van der Waals surface area contributed by atoms with E-state index in [1.807, 2.05) is 102 Å². The van der Waals surface area contributed by atoms with Gasteiger partial charge in [-0.25, -0.2) is 28.8 Å². The Bertz CT molecular complexity index is 3080. The molecule has 4 aromatic rings. The second-order valence-corrected chi connectivity index (χ2v) is 22.3. The number of carbonyl (C=O) groups excluding carboxylic acids is 9. The van der Waals surface area contributed by atoms with Crippen molar-refractivity contribution < 1.29 is 119 Å². The molecule has 4 rings (SSSR count). The fourth-order valence-electron chi connectivity index (χ4n) is 6.82. The maximum Gasteiger partial charge on any atom is 0.419 e. The van der Waals surface area contributed by atoms with Gasteiger partial charge in [0, 0.05) is 49.3 Å². The number of ether oxygens (including phenoxy) is 15. The van der Waals surface area contributed by atoms with Crippen LogP contribution >= 0.6 is 0 Å². The molecule has 0 saturated carbocycles. The first kappa shape index (κ1) is 103. The number of nitrogens with one attached hydrogen (secondary N) is 3. The predicted molar refractivity (Wildman–Crippen MR) is 407 cm³/mol. The molecule has 32 nitrogen and oxygen atoms in total. The molecule has 0 saturated heterocycles. The number of anilines is 1. The molecule has 0 heterocycles. The molecule has 608 valence electrons. The number of rotatable bonds is 42. The van der Waals surface area contributed by atoms with Crippen molar-refractivity contribution in [2.24, 2.45) is 10.4 Å². The van der Waals surface area contributed by atoms with Gasteiger partial charge in [0.05, 0.1) is 118 Å². The monoisotopic (exact) mass is 1540 g/mol. The zero-order chi connectivity index (χ0) is 82.4. The Hall–Kier alpha value is -10.0. The van der Waals surface area contributed by atoms with Gasteiger partial charge in [-0.2, -0.15) is 0 Å². The van der Waals surface area contributed by atoms with Crippen LogP contribution in [0.2, 0.25) is 0 Å². The molecular formula is C77H113N5O27. The van der Waals surface area contributed by atoms with E-state index in [2.05, 4.69) is 60.3 Å². The number of aliphatic hydroxyl groups excluding tert-OH is 1. The number of hydrogen-bond donors (Lipinski definition) is 4. The van der Waals surface area contributed by atoms with Crippen molar-refractivity contribution in [3.05, 3.63) is 171 Å². The Morgan fingerprint density at radius 2 is 0.752 bits per heavy atom. The number of amides is 3. The van der Waals surface area contributed by atoms with Gasteiger partial charge in [0.2, 0.25) is 0 Å². The van der Waals surface area contributed by atoms with Crippen molar-refractivity contribution in [2.45, 2.75) is 108 Å². The first-order valence-electron chi connectivity index (χ1n) is 34.7. The molecule has 4 aromatic carbocycles. The Kier molecular flexibility index (Phi) is 65.9. The third-order valence-electron chi connectivity index (χ3n) is 12.8. The lowest BCUT2D eigenvalue weighted by atomic mass is 10.1. The van der Waals surface area contributed by atoms with Crippen LogP contribution in [0, 0.1) is 37.5 Å². The van der Waals surface area contributed by atoms with Crippen LogP contribution < -0.4 is 16.0 Å². The number of hydrogen-bond acceptors (Lipinski definition) is 29. The second-order valence-electron chi connectivity index (χ2n) is 22.3. The highest BCUT2D eigenvalue weighted by atomic mass is 16.6. The second kappa shape index (κ2) is 69.7.